The molecule has 32 heavy (non-hydrogen) atoms. The molecule has 2 aromatic carbocycles. The summed E-state index contributed by atoms with van der Waals surface area (Å²) in [4.78, 5) is 4.48. The molecule has 1 atom stereocenters. The topological polar surface area (TPSA) is 103 Å². The number of fused-ring (bicyclic) bond motifs is 2. The highest BCUT2D eigenvalue weighted by Crippen LogP contribution is 2.47. The van der Waals surface area contributed by atoms with Crippen LogP contribution in [0.5, 0.6) is 28.9 Å². The number of aromatic hydroxyl groups is 1. The maximum absolute atomic E-state index is 10.00. The Morgan fingerprint density at radius 2 is 1.94 bits per heavy atom. The van der Waals surface area contributed by atoms with Crippen LogP contribution in [0.15, 0.2) is 65.5 Å². The molecule has 1 aliphatic rings. The lowest BCUT2D eigenvalue weighted by Gasteiger charge is -2.29. The summed E-state index contributed by atoms with van der Waals surface area (Å²) in [6.45, 7) is 0.368. The van der Waals surface area contributed by atoms with Crippen LogP contribution >= 0.6 is 0 Å². The summed E-state index contributed by atoms with van der Waals surface area (Å²) in [5, 5.41) is 19.0. The van der Waals surface area contributed by atoms with Crippen molar-refractivity contribution in [1.82, 2.24) is 9.55 Å². The van der Waals surface area contributed by atoms with Gasteiger partial charge in [-0.2, -0.15) is 0 Å². The van der Waals surface area contributed by atoms with Gasteiger partial charge in [-0.3, -0.25) is 5.41 Å². The van der Waals surface area contributed by atoms with Crippen LogP contribution in [0.3, 0.4) is 0 Å². The van der Waals surface area contributed by atoms with E-state index in [1.807, 2.05) is 30.3 Å². The second-order valence-corrected chi connectivity index (χ2v) is 7.39. The monoisotopic (exact) mass is 431 g/mol. The summed E-state index contributed by atoms with van der Waals surface area (Å²) in [6.07, 6.45) is 3.16. The van der Waals surface area contributed by atoms with Crippen LogP contribution in [0.1, 0.15) is 28.4 Å². The van der Waals surface area contributed by atoms with E-state index in [2.05, 4.69) is 4.98 Å². The minimum Gasteiger partial charge on any atom is -0.508 e. The van der Waals surface area contributed by atoms with Crippen molar-refractivity contribution in [1.29, 1.82) is 5.41 Å². The summed E-state index contributed by atoms with van der Waals surface area (Å²) < 4.78 is 24.1. The highest BCUT2D eigenvalue weighted by atomic mass is 16.5. The lowest BCUT2D eigenvalue weighted by Crippen LogP contribution is -2.30. The predicted octanol–water partition coefficient (Wildman–Crippen LogP) is 4.01. The first-order valence-electron chi connectivity index (χ1n) is 9.98. The van der Waals surface area contributed by atoms with Crippen molar-refractivity contribution in [2.75, 3.05) is 14.2 Å². The molecule has 0 bridgehead atoms. The normalized spacial score (nSPS) is 14.2. The third kappa shape index (κ3) is 3.26. The van der Waals surface area contributed by atoms with Crippen molar-refractivity contribution < 1.29 is 23.7 Å². The Morgan fingerprint density at radius 3 is 2.69 bits per heavy atom. The van der Waals surface area contributed by atoms with Gasteiger partial charge in [0.1, 0.15) is 29.1 Å². The molecule has 0 saturated carbocycles. The SMILES string of the molecule is COc1ccc([C@H]2c3ccc(O)cc3Oc3ncn(Cc4ccco4)c(=N)c32)cc1OC. The fourth-order valence-corrected chi connectivity index (χ4v) is 4.03. The zero-order valence-electron chi connectivity index (χ0n) is 17.5. The predicted molar refractivity (Wildman–Crippen MR) is 115 cm³/mol. The van der Waals surface area contributed by atoms with Crippen molar-refractivity contribution in [2.45, 2.75) is 12.5 Å². The number of aromatic nitrogens is 2. The number of hydrogen-bond donors (Lipinski definition) is 2. The second-order valence-electron chi connectivity index (χ2n) is 7.39. The van der Waals surface area contributed by atoms with Gasteiger partial charge in [0, 0.05) is 17.5 Å². The molecule has 0 radical (unpaired) electrons. The van der Waals surface area contributed by atoms with Crippen molar-refractivity contribution in [3.63, 3.8) is 0 Å². The number of ether oxygens (including phenoxy) is 3. The van der Waals surface area contributed by atoms with E-state index in [0.29, 0.717) is 35.2 Å². The molecule has 8 heteroatoms. The molecule has 0 unspecified atom stereocenters. The van der Waals surface area contributed by atoms with Gasteiger partial charge >= 0.3 is 0 Å². The number of nitrogens with one attached hydrogen (secondary N) is 1. The van der Waals surface area contributed by atoms with Gasteiger partial charge in [0.15, 0.2) is 11.5 Å². The first-order valence-corrected chi connectivity index (χ1v) is 9.98. The van der Waals surface area contributed by atoms with E-state index in [0.717, 1.165) is 16.9 Å². The number of nitrogens with zero attached hydrogens (tertiary/aromatic N) is 2. The first-order chi connectivity index (χ1) is 15.6. The van der Waals surface area contributed by atoms with Crippen LogP contribution < -0.4 is 19.7 Å². The molecule has 0 saturated heterocycles. The fraction of sp³-hybridized carbons (Fsp3) is 0.167. The van der Waals surface area contributed by atoms with E-state index >= 15 is 0 Å². The lowest BCUT2D eigenvalue weighted by molar-refractivity contribution is 0.354. The Kier molecular flexibility index (Phi) is 4.82. The van der Waals surface area contributed by atoms with Crippen LogP contribution in [0.4, 0.5) is 0 Å². The molecule has 0 amide bonds. The number of hydrogen-bond acceptors (Lipinski definition) is 7. The average molecular weight is 431 g/mol. The smallest absolute Gasteiger partial charge is 0.228 e. The van der Waals surface area contributed by atoms with Gasteiger partial charge in [-0.15, -0.1) is 0 Å². The van der Waals surface area contributed by atoms with Crippen LogP contribution in [-0.2, 0) is 6.54 Å². The van der Waals surface area contributed by atoms with Gasteiger partial charge in [0.2, 0.25) is 5.88 Å². The Labute approximate surface area is 183 Å². The first kappa shape index (κ1) is 19.7. The van der Waals surface area contributed by atoms with Crippen LogP contribution in [0.25, 0.3) is 0 Å². The van der Waals surface area contributed by atoms with Crippen LogP contribution in [-0.4, -0.2) is 28.9 Å². The highest BCUT2D eigenvalue weighted by Gasteiger charge is 2.33. The molecule has 0 aliphatic carbocycles. The zero-order chi connectivity index (χ0) is 22.2. The maximum atomic E-state index is 10.00. The third-order valence-electron chi connectivity index (χ3n) is 5.54. The maximum Gasteiger partial charge on any atom is 0.228 e. The Balaban J connectivity index is 1.71. The van der Waals surface area contributed by atoms with E-state index in [1.165, 1.54) is 0 Å². The highest BCUT2D eigenvalue weighted by molar-refractivity contribution is 5.59. The Bertz CT molecular complexity index is 1340. The molecular formula is C24H21N3O5. The summed E-state index contributed by atoms with van der Waals surface area (Å²) in [5.74, 6) is 2.45. The fourth-order valence-electron chi connectivity index (χ4n) is 4.03. The van der Waals surface area contributed by atoms with E-state index in [-0.39, 0.29) is 17.2 Å². The van der Waals surface area contributed by atoms with Crippen molar-refractivity contribution >= 4 is 0 Å². The minimum absolute atomic E-state index is 0.0909. The molecule has 5 rings (SSSR count). The average Bonchev–Trinajstić information content (AvgIpc) is 3.32. The molecule has 3 heterocycles. The van der Waals surface area contributed by atoms with E-state index in [9.17, 15) is 5.11 Å². The number of phenolic OH excluding ortho intramolecular Hbond substituents is 1. The standard InChI is InChI=1S/C24H21N3O5/c1-29-18-8-5-14(10-20(18)30-2)21-17-7-6-15(28)11-19(17)32-24-22(21)23(25)27(13-26-24)12-16-4-3-9-31-16/h3-11,13,21,25,28H,12H2,1-2H3/t21-/m0/s1. The van der Waals surface area contributed by atoms with Gasteiger partial charge in [0.25, 0.3) is 0 Å². The van der Waals surface area contributed by atoms with Crippen LogP contribution in [0.2, 0.25) is 0 Å². The Hall–Kier alpha value is -4.20. The molecule has 1 aliphatic heterocycles. The molecule has 0 spiro atoms. The number of rotatable bonds is 5. The minimum atomic E-state index is -0.363. The van der Waals surface area contributed by atoms with Gasteiger partial charge in [-0.05, 0) is 35.9 Å². The molecule has 0 fully saturated rings. The molecule has 8 nitrogen and oxygen atoms in total. The molecular weight excluding hydrogens is 410 g/mol. The Morgan fingerprint density at radius 1 is 1.09 bits per heavy atom. The largest absolute Gasteiger partial charge is 0.508 e. The van der Waals surface area contributed by atoms with Gasteiger partial charge < -0.3 is 28.3 Å². The van der Waals surface area contributed by atoms with E-state index < -0.39 is 0 Å². The summed E-state index contributed by atoms with van der Waals surface area (Å²) in [7, 11) is 3.17. The van der Waals surface area contributed by atoms with Gasteiger partial charge in [0.05, 0.1) is 32.6 Å². The third-order valence-corrected chi connectivity index (χ3v) is 5.54. The van der Waals surface area contributed by atoms with Crippen molar-refractivity contribution in [3.05, 3.63) is 89.1 Å². The summed E-state index contributed by atoms with van der Waals surface area (Å²) >= 11 is 0. The van der Waals surface area contributed by atoms with E-state index in [1.54, 1.807) is 49.6 Å². The zero-order valence-corrected chi connectivity index (χ0v) is 17.5. The summed E-state index contributed by atoms with van der Waals surface area (Å²) in [6, 6.07) is 14.3. The second kappa shape index (κ2) is 7.81. The van der Waals surface area contributed by atoms with Gasteiger partial charge in [-0.25, -0.2) is 4.98 Å². The van der Waals surface area contributed by atoms with Crippen LogP contribution in [0, 0.1) is 5.41 Å². The van der Waals surface area contributed by atoms with E-state index in [4.69, 9.17) is 24.0 Å². The summed E-state index contributed by atoms with van der Waals surface area (Å²) in [5.41, 5.74) is 2.56. The quantitative estimate of drug-likeness (QED) is 0.436. The number of benzene rings is 2. The lowest BCUT2D eigenvalue weighted by atomic mass is 9.83. The number of furan rings is 1. The molecule has 4 aromatic rings. The number of phenols is 1. The number of methoxy groups -OCH3 is 2. The van der Waals surface area contributed by atoms with Crippen molar-refractivity contribution in [2.24, 2.45) is 0 Å². The molecule has 162 valence electrons. The molecule has 2 aromatic heterocycles. The molecule has 2 N–H and O–H groups in total. The van der Waals surface area contributed by atoms with Gasteiger partial charge in [-0.1, -0.05) is 12.1 Å². The van der Waals surface area contributed by atoms with Crippen molar-refractivity contribution in [3.8, 4) is 28.9 Å².